The van der Waals surface area contributed by atoms with Crippen LogP contribution in [0.2, 0.25) is 0 Å². The largest absolute Gasteiger partial charge is 0.493 e. The highest BCUT2D eigenvalue weighted by atomic mass is 79.9. The molecular formula is C26H21BrFNO4S. The number of hydrogen-bond acceptors (Lipinski definition) is 5. The second kappa shape index (κ2) is 10.4. The zero-order chi connectivity index (χ0) is 24.2. The van der Waals surface area contributed by atoms with E-state index in [9.17, 15) is 14.0 Å². The maximum absolute atomic E-state index is 13.4. The van der Waals surface area contributed by atoms with Crippen molar-refractivity contribution in [2.75, 3.05) is 7.11 Å². The van der Waals surface area contributed by atoms with Crippen LogP contribution in [0.1, 0.15) is 22.3 Å². The molecular weight excluding hydrogens is 521 g/mol. The molecule has 8 heteroatoms. The highest BCUT2D eigenvalue weighted by Crippen LogP contribution is 2.39. The van der Waals surface area contributed by atoms with Gasteiger partial charge in [-0.15, -0.1) is 0 Å². The number of thioether (sulfide) groups is 1. The van der Waals surface area contributed by atoms with E-state index in [1.165, 1.54) is 24.1 Å². The van der Waals surface area contributed by atoms with Crippen molar-refractivity contribution < 1.29 is 23.5 Å². The molecule has 5 nitrogen and oxygen atoms in total. The minimum atomic E-state index is -0.335. The molecule has 0 atom stereocenters. The van der Waals surface area contributed by atoms with Gasteiger partial charge in [0, 0.05) is 0 Å². The van der Waals surface area contributed by atoms with Crippen molar-refractivity contribution in [2.24, 2.45) is 0 Å². The minimum absolute atomic E-state index is 0.157. The molecule has 34 heavy (non-hydrogen) atoms. The smallest absolute Gasteiger partial charge is 0.293 e. The summed E-state index contributed by atoms with van der Waals surface area (Å²) in [4.78, 5) is 27.0. The number of hydrogen-bond donors (Lipinski definition) is 0. The van der Waals surface area contributed by atoms with Gasteiger partial charge in [0.15, 0.2) is 11.5 Å². The number of ether oxygens (including phenoxy) is 2. The molecule has 0 unspecified atom stereocenters. The Bertz CT molecular complexity index is 1290. The number of carbonyl (C=O) groups excluding carboxylic acids is 2. The topological polar surface area (TPSA) is 55.8 Å². The van der Waals surface area contributed by atoms with Crippen molar-refractivity contribution in [3.63, 3.8) is 0 Å². The van der Waals surface area contributed by atoms with Crippen LogP contribution in [0.25, 0.3) is 6.08 Å². The Morgan fingerprint density at radius 1 is 1.06 bits per heavy atom. The third kappa shape index (κ3) is 5.51. The number of imide groups is 1. The molecule has 174 valence electrons. The van der Waals surface area contributed by atoms with Gasteiger partial charge >= 0.3 is 0 Å². The molecule has 0 radical (unpaired) electrons. The molecule has 0 bridgehead atoms. The summed E-state index contributed by atoms with van der Waals surface area (Å²) < 4.78 is 25.4. The van der Waals surface area contributed by atoms with E-state index >= 15 is 0 Å². The average Bonchev–Trinajstić information content (AvgIpc) is 3.05. The summed E-state index contributed by atoms with van der Waals surface area (Å²) in [5, 5.41) is -0.307. The predicted molar refractivity (Wildman–Crippen MR) is 134 cm³/mol. The lowest BCUT2D eigenvalue weighted by atomic mass is 10.1. The summed E-state index contributed by atoms with van der Waals surface area (Å²) in [6.45, 7) is 2.35. The van der Waals surface area contributed by atoms with E-state index < -0.39 is 0 Å². The summed E-state index contributed by atoms with van der Waals surface area (Å²) in [7, 11) is 1.51. The molecule has 0 saturated carbocycles. The first-order chi connectivity index (χ1) is 16.3. The van der Waals surface area contributed by atoms with Gasteiger partial charge in [0.05, 0.1) is 23.0 Å². The van der Waals surface area contributed by atoms with E-state index in [-0.39, 0.29) is 30.1 Å². The van der Waals surface area contributed by atoms with Crippen molar-refractivity contribution in [3.8, 4) is 11.5 Å². The van der Waals surface area contributed by atoms with Crippen molar-refractivity contribution in [1.82, 2.24) is 4.90 Å². The van der Waals surface area contributed by atoms with Crippen molar-refractivity contribution in [1.29, 1.82) is 0 Å². The Morgan fingerprint density at radius 3 is 2.56 bits per heavy atom. The quantitative estimate of drug-likeness (QED) is 0.310. The zero-order valence-corrected chi connectivity index (χ0v) is 20.9. The van der Waals surface area contributed by atoms with Crippen LogP contribution in [0.15, 0.2) is 70.0 Å². The Hall–Kier alpha value is -3.10. The standard InChI is InChI=1S/C26H21BrFNO4S/c1-16-5-3-6-17(9-16)14-29-25(30)23(34-26(29)31)13-19-11-21(27)24(22(12-19)32-2)33-15-18-7-4-8-20(28)10-18/h3-13H,14-15H2,1-2H3/b23-13-. The number of aryl methyl sites for hydroxylation is 1. The van der Waals surface area contributed by atoms with E-state index in [2.05, 4.69) is 15.9 Å². The molecule has 1 fully saturated rings. The number of rotatable bonds is 7. The molecule has 0 aromatic heterocycles. The zero-order valence-electron chi connectivity index (χ0n) is 18.5. The summed E-state index contributed by atoms with van der Waals surface area (Å²) in [6, 6.07) is 17.4. The molecule has 3 aromatic rings. The van der Waals surface area contributed by atoms with Crippen LogP contribution >= 0.6 is 27.7 Å². The first-order valence-corrected chi connectivity index (χ1v) is 12.0. The van der Waals surface area contributed by atoms with Gasteiger partial charge in [-0.2, -0.15) is 0 Å². The van der Waals surface area contributed by atoms with E-state index in [1.807, 2.05) is 31.2 Å². The average molecular weight is 542 g/mol. The highest BCUT2D eigenvalue weighted by molar-refractivity contribution is 9.10. The molecule has 4 rings (SSSR count). The Kier molecular flexibility index (Phi) is 7.38. The molecule has 1 aliphatic heterocycles. The molecule has 0 aliphatic carbocycles. The fraction of sp³-hybridized carbons (Fsp3) is 0.154. The third-order valence-corrected chi connectivity index (χ3v) is 6.61. The van der Waals surface area contributed by atoms with Crippen LogP contribution in [-0.2, 0) is 17.9 Å². The Morgan fingerprint density at radius 2 is 1.82 bits per heavy atom. The van der Waals surface area contributed by atoms with Gasteiger partial charge in [-0.1, -0.05) is 42.0 Å². The second-order valence-corrected chi connectivity index (χ2v) is 9.56. The third-order valence-electron chi connectivity index (χ3n) is 5.12. The predicted octanol–water partition coefficient (Wildman–Crippen LogP) is 6.72. The highest BCUT2D eigenvalue weighted by Gasteiger charge is 2.35. The van der Waals surface area contributed by atoms with E-state index in [1.54, 1.807) is 30.3 Å². The van der Waals surface area contributed by atoms with Gasteiger partial charge in [-0.05, 0) is 81.6 Å². The number of methoxy groups -OCH3 is 1. The van der Waals surface area contributed by atoms with Crippen LogP contribution in [0.3, 0.4) is 0 Å². The summed E-state index contributed by atoms with van der Waals surface area (Å²) in [6.07, 6.45) is 1.66. The van der Waals surface area contributed by atoms with E-state index in [4.69, 9.17) is 9.47 Å². The second-order valence-electron chi connectivity index (χ2n) is 7.71. The maximum atomic E-state index is 13.4. The molecule has 0 spiro atoms. The number of nitrogens with zero attached hydrogens (tertiary/aromatic N) is 1. The van der Waals surface area contributed by atoms with E-state index in [0.717, 1.165) is 22.9 Å². The lowest BCUT2D eigenvalue weighted by molar-refractivity contribution is -0.123. The normalized spacial score (nSPS) is 14.7. The van der Waals surface area contributed by atoms with Gasteiger partial charge in [0.25, 0.3) is 11.1 Å². The van der Waals surface area contributed by atoms with Crippen LogP contribution in [-0.4, -0.2) is 23.2 Å². The van der Waals surface area contributed by atoms with Gasteiger partial charge < -0.3 is 9.47 Å². The number of amides is 2. The fourth-order valence-corrected chi connectivity index (χ4v) is 4.94. The fourth-order valence-electron chi connectivity index (χ4n) is 3.53. The summed E-state index contributed by atoms with van der Waals surface area (Å²) in [5.41, 5.74) is 3.31. The molecule has 0 N–H and O–H groups in total. The first-order valence-electron chi connectivity index (χ1n) is 10.4. The molecule has 2 amide bonds. The number of halogens is 2. The maximum Gasteiger partial charge on any atom is 0.293 e. The van der Waals surface area contributed by atoms with E-state index in [0.29, 0.717) is 32.0 Å². The van der Waals surface area contributed by atoms with Gasteiger partial charge in [0.2, 0.25) is 0 Å². The van der Waals surface area contributed by atoms with Gasteiger partial charge in [0.1, 0.15) is 12.4 Å². The van der Waals surface area contributed by atoms with Crippen molar-refractivity contribution in [3.05, 3.63) is 98.1 Å². The monoisotopic (exact) mass is 541 g/mol. The lowest BCUT2D eigenvalue weighted by Gasteiger charge is -2.14. The van der Waals surface area contributed by atoms with Crippen LogP contribution in [0.4, 0.5) is 9.18 Å². The molecule has 1 saturated heterocycles. The first kappa shape index (κ1) is 24.0. The molecule has 3 aromatic carbocycles. The summed E-state index contributed by atoms with van der Waals surface area (Å²) in [5.74, 6) is 0.226. The Balaban J connectivity index is 1.53. The SMILES string of the molecule is COc1cc(/C=C2\SC(=O)N(Cc3cccc(C)c3)C2=O)cc(Br)c1OCc1cccc(F)c1. The Labute approximate surface area is 209 Å². The molecule has 1 heterocycles. The van der Waals surface area contributed by atoms with Crippen LogP contribution < -0.4 is 9.47 Å². The van der Waals surface area contributed by atoms with Crippen LogP contribution in [0.5, 0.6) is 11.5 Å². The van der Waals surface area contributed by atoms with Crippen molar-refractivity contribution >= 4 is 44.9 Å². The van der Waals surface area contributed by atoms with Crippen molar-refractivity contribution in [2.45, 2.75) is 20.1 Å². The lowest BCUT2D eigenvalue weighted by Crippen LogP contribution is -2.27. The molecule has 1 aliphatic rings. The van der Waals surface area contributed by atoms with Crippen LogP contribution in [0, 0.1) is 12.7 Å². The number of benzene rings is 3. The van der Waals surface area contributed by atoms with Gasteiger partial charge in [-0.3, -0.25) is 14.5 Å². The van der Waals surface area contributed by atoms with Gasteiger partial charge in [-0.25, -0.2) is 4.39 Å². The minimum Gasteiger partial charge on any atom is -0.493 e. The summed E-state index contributed by atoms with van der Waals surface area (Å²) >= 11 is 4.40. The number of carbonyl (C=O) groups is 2.